The summed E-state index contributed by atoms with van der Waals surface area (Å²) >= 11 is 5.93. The highest BCUT2D eigenvalue weighted by molar-refractivity contribution is 6.33. The molecule has 0 saturated carbocycles. The Morgan fingerprint density at radius 2 is 2.05 bits per heavy atom. The molecule has 8 heteroatoms. The number of benzene rings is 2. The third kappa shape index (κ3) is 3.58. The predicted molar refractivity (Wildman–Crippen MR) is 82.7 cm³/mol. The van der Waals surface area contributed by atoms with Crippen LogP contribution < -0.4 is 5.43 Å². The molecule has 0 aliphatic carbocycles. The summed E-state index contributed by atoms with van der Waals surface area (Å²) in [6.45, 7) is 0. The van der Waals surface area contributed by atoms with E-state index in [4.69, 9.17) is 16.7 Å². The summed E-state index contributed by atoms with van der Waals surface area (Å²) in [6, 6.07) is 10.2. The summed E-state index contributed by atoms with van der Waals surface area (Å²) < 4.78 is 0. The van der Waals surface area contributed by atoms with Gasteiger partial charge in [0, 0.05) is 6.07 Å². The van der Waals surface area contributed by atoms with Gasteiger partial charge in [0.2, 0.25) is 0 Å². The van der Waals surface area contributed by atoms with Gasteiger partial charge in [0.1, 0.15) is 0 Å². The molecule has 0 aliphatic heterocycles. The maximum Gasteiger partial charge on any atom is 0.335 e. The Morgan fingerprint density at radius 1 is 1.32 bits per heavy atom. The molecule has 2 aromatic rings. The Labute approximate surface area is 130 Å². The largest absolute Gasteiger partial charge is 0.478 e. The number of aromatic carboxylic acids is 1. The van der Waals surface area contributed by atoms with E-state index in [2.05, 4.69) is 10.5 Å². The first kappa shape index (κ1) is 15.5. The summed E-state index contributed by atoms with van der Waals surface area (Å²) in [5.74, 6) is -1.10. The van der Waals surface area contributed by atoms with E-state index in [1.54, 1.807) is 18.2 Å². The van der Waals surface area contributed by atoms with Gasteiger partial charge in [0.15, 0.2) is 0 Å². The van der Waals surface area contributed by atoms with Crippen LogP contribution >= 0.6 is 11.6 Å². The number of hydrogen-bond acceptors (Lipinski definition) is 5. The van der Waals surface area contributed by atoms with Gasteiger partial charge in [-0.1, -0.05) is 23.7 Å². The summed E-state index contributed by atoms with van der Waals surface area (Å²) in [5.41, 5.74) is 3.14. The fourth-order valence-corrected chi connectivity index (χ4v) is 1.84. The van der Waals surface area contributed by atoms with Crippen LogP contribution in [-0.4, -0.2) is 22.2 Å². The maximum absolute atomic E-state index is 10.9. The number of nitro benzene ring substituents is 1. The van der Waals surface area contributed by atoms with Crippen LogP contribution in [0.15, 0.2) is 47.6 Å². The van der Waals surface area contributed by atoms with Gasteiger partial charge in [0.25, 0.3) is 5.69 Å². The molecule has 0 spiro atoms. The zero-order valence-electron chi connectivity index (χ0n) is 11.1. The molecule has 2 aromatic carbocycles. The standard InChI is InChI=1S/C14H10ClN3O4/c15-11-6-5-9(14(19)20)7-12(11)17-16-8-10-3-1-2-4-13(10)18(21)22/h1-8,17H,(H,19,20)/b16-8-. The molecule has 0 unspecified atom stereocenters. The third-order valence-corrected chi connectivity index (χ3v) is 3.06. The second kappa shape index (κ2) is 6.68. The van der Waals surface area contributed by atoms with E-state index < -0.39 is 10.9 Å². The van der Waals surface area contributed by atoms with Gasteiger partial charge in [-0.05, 0) is 24.3 Å². The molecule has 0 radical (unpaired) electrons. The van der Waals surface area contributed by atoms with Gasteiger partial charge in [-0.25, -0.2) is 4.79 Å². The van der Waals surface area contributed by atoms with E-state index >= 15 is 0 Å². The minimum absolute atomic E-state index is 0.0489. The number of nitrogens with one attached hydrogen (secondary N) is 1. The lowest BCUT2D eigenvalue weighted by molar-refractivity contribution is -0.385. The topological polar surface area (TPSA) is 105 Å². The molecule has 2 N–H and O–H groups in total. The molecule has 0 fully saturated rings. The van der Waals surface area contributed by atoms with Crippen LogP contribution in [0.4, 0.5) is 11.4 Å². The van der Waals surface area contributed by atoms with Gasteiger partial charge < -0.3 is 5.11 Å². The Bertz CT molecular complexity index is 762. The van der Waals surface area contributed by atoms with E-state index in [1.807, 2.05) is 0 Å². The van der Waals surface area contributed by atoms with E-state index in [-0.39, 0.29) is 22.0 Å². The molecule has 0 amide bonds. The molecule has 112 valence electrons. The first-order chi connectivity index (χ1) is 10.5. The molecule has 0 aliphatic rings. The monoisotopic (exact) mass is 319 g/mol. The van der Waals surface area contributed by atoms with Crippen molar-refractivity contribution in [2.75, 3.05) is 5.43 Å². The van der Waals surface area contributed by atoms with E-state index in [1.165, 1.54) is 30.5 Å². The SMILES string of the molecule is O=C(O)c1ccc(Cl)c(N/N=C\c2ccccc2[N+](=O)[O-])c1. The molecular weight excluding hydrogens is 310 g/mol. The van der Waals surface area contributed by atoms with Crippen molar-refractivity contribution in [3.63, 3.8) is 0 Å². The average molecular weight is 320 g/mol. The van der Waals surface area contributed by atoms with Crippen molar-refractivity contribution in [3.8, 4) is 0 Å². The normalized spacial score (nSPS) is 10.6. The predicted octanol–water partition coefficient (Wildman–Crippen LogP) is 3.39. The highest BCUT2D eigenvalue weighted by Crippen LogP contribution is 2.23. The van der Waals surface area contributed by atoms with Crippen LogP contribution in [0.1, 0.15) is 15.9 Å². The molecule has 0 saturated heterocycles. The zero-order chi connectivity index (χ0) is 16.1. The first-order valence-electron chi connectivity index (χ1n) is 6.04. The van der Waals surface area contributed by atoms with E-state index in [9.17, 15) is 14.9 Å². The van der Waals surface area contributed by atoms with Crippen molar-refractivity contribution >= 4 is 35.2 Å². The molecular formula is C14H10ClN3O4. The molecule has 2 rings (SSSR count). The number of para-hydroxylation sites is 1. The van der Waals surface area contributed by atoms with Crippen molar-refractivity contribution in [2.45, 2.75) is 0 Å². The van der Waals surface area contributed by atoms with Gasteiger partial charge in [-0.15, -0.1) is 0 Å². The van der Waals surface area contributed by atoms with Crippen LogP contribution in [0.2, 0.25) is 5.02 Å². The van der Waals surface area contributed by atoms with Gasteiger partial charge >= 0.3 is 5.97 Å². The number of carboxylic acids is 1. The average Bonchev–Trinajstić information content (AvgIpc) is 2.49. The second-order valence-corrected chi connectivity index (χ2v) is 4.59. The summed E-state index contributed by atoms with van der Waals surface area (Å²) in [5, 5.41) is 23.9. The molecule has 0 atom stereocenters. The Kier molecular flexibility index (Phi) is 4.70. The van der Waals surface area contributed by atoms with Crippen LogP contribution in [-0.2, 0) is 0 Å². The lowest BCUT2D eigenvalue weighted by atomic mass is 10.2. The quantitative estimate of drug-likeness (QED) is 0.499. The third-order valence-electron chi connectivity index (χ3n) is 2.74. The van der Waals surface area contributed by atoms with Gasteiger partial charge in [-0.3, -0.25) is 15.5 Å². The lowest BCUT2D eigenvalue weighted by Crippen LogP contribution is -1.99. The van der Waals surface area contributed by atoms with Gasteiger partial charge in [-0.2, -0.15) is 5.10 Å². The van der Waals surface area contributed by atoms with Crippen molar-refractivity contribution in [1.29, 1.82) is 0 Å². The zero-order valence-corrected chi connectivity index (χ0v) is 11.8. The second-order valence-electron chi connectivity index (χ2n) is 4.19. The first-order valence-corrected chi connectivity index (χ1v) is 6.42. The Morgan fingerprint density at radius 3 is 2.73 bits per heavy atom. The molecule has 22 heavy (non-hydrogen) atoms. The minimum Gasteiger partial charge on any atom is -0.478 e. The highest BCUT2D eigenvalue weighted by Gasteiger charge is 2.10. The van der Waals surface area contributed by atoms with Gasteiger partial charge in [0.05, 0.1) is 33.0 Å². The number of nitro groups is 1. The number of halogens is 1. The molecule has 7 nitrogen and oxygen atoms in total. The van der Waals surface area contributed by atoms with Crippen LogP contribution in [0.25, 0.3) is 0 Å². The number of rotatable bonds is 5. The number of carboxylic acid groups (broad SMARTS) is 1. The van der Waals surface area contributed by atoms with Crippen molar-refractivity contribution in [3.05, 3.63) is 68.7 Å². The fraction of sp³-hybridized carbons (Fsp3) is 0. The lowest BCUT2D eigenvalue weighted by Gasteiger charge is -2.04. The minimum atomic E-state index is -1.10. The number of hydrazone groups is 1. The Balaban J connectivity index is 2.22. The Hall–Kier alpha value is -2.93. The van der Waals surface area contributed by atoms with Crippen molar-refractivity contribution in [1.82, 2.24) is 0 Å². The number of hydrogen-bond donors (Lipinski definition) is 2. The summed E-state index contributed by atoms with van der Waals surface area (Å²) in [7, 11) is 0. The number of anilines is 1. The summed E-state index contributed by atoms with van der Waals surface area (Å²) in [4.78, 5) is 21.2. The van der Waals surface area contributed by atoms with Crippen LogP contribution in [0.3, 0.4) is 0 Å². The molecule has 0 aromatic heterocycles. The van der Waals surface area contributed by atoms with Crippen LogP contribution in [0, 0.1) is 10.1 Å². The molecule has 0 bridgehead atoms. The van der Waals surface area contributed by atoms with Crippen molar-refractivity contribution < 1.29 is 14.8 Å². The molecule has 0 heterocycles. The maximum atomic E-state index is 10.9. The van der Waals surface area contributed by atoms with E-state index in [0.29, 0.717) is 5.56 Å². The van der Waals surface area contributed by atoms with E-state index in [0.717, 1.165) is 0 Å². The number of carbonyl (C=O) groups is 1. The highest BCUT2D eigenvalue weighted by atomic mass is 35.5. The smallest absolute Gasteiger partial charge is 0.335 e. The van der Waals surface area contributed by atoms with Crippen molar-refractivity contribution in [2.24, 2.45) is 5.10 Å². The summed E-state index contributed by atoms with van der Waals surface area (Å²) in [6.07, 6.45) is 1.27. The van der Waals surface area contributed by atoms with Crippen LogP contribution in [0.5, 0.6) is 0 Å². The fourth-order valence-electron chi connectivity index (χ4n) is 1.68. The number of nitrogens with zero attached hydrogens (tertiary/aromatic N) is 2.